The summed E-state index contributed by atoms with van der Waals surface area (Å²) in [6, 6.07) is 1.48. The second kappa shape index (κ2) is 4.99. The van der Waals surface area contributed by atoms with E-state index in [0.717, 1.165) is 14.4 Å². The third kappa shape index (κ3) is 2.67. The van der Waals surface area contributed by atoms with Gasteiger partial charge in [-0.3, -0.25) is 4.79 Å². The maximum Gasteiger partial charge on any atom is 0.275 e. The minimum atomic E-state index is -0.137. The summed E-state index contributed by atoms with van der Waals surface area (Å²) in [6.07, 6.45) is 0. The van der Waals surface area contributed by atoms with Crippen LogP contribution in [0.15, 0.2) is 15.2 Å². The number of fused-ring (bicyclic) bond motifs is 1. The summed E-state index contributed by atoms with van der Waals surface area (Å²) in [5, 5.41) is 14.1. The predicted molar refractivity (Wildman–Crippen MR) is 76.1 cm³/mol. The van der Waals surface area contributed by atoms with Gasteiger partial charge in [0.25, 0.3) is 5.56 Å². The van der Waals surface area contributed by atoms with E-state index < -0.39 is 0 Å². The highest BCUT2D eigenvalue weighted by Gasteiger charge is 2.09. The van der Waals surface area contributed by atoms with Gasteiger partial charge in [0, 0.05) is 11.8 Å². The van der Waals surface area contributed by atoms with Gasteiger partial charge in [-0.25, -0.2) is 4.98 Å². The molecule has 3 rings (SSSR count). The molecule has 0 N–H and O–H groups in total. The Bertz CT molecular complexity index is 790. The molecule has 0 fully saturated rings. The number of thioether (sulfide) groups is 1. The Morgan fingerprint density at radius 1 is 1.32 bits per heavy atom. The van der Waals surface area contributed by atoms with Crippen LogP contribution in [0.25, 0.3) is 4.96 Å². The summed E-state index contributed by atoms with van der Waals surface area (Å²) in [4.78, 5) is 16.7. The molecule has 0 aromatic carbocycles. The van der Waals surface area contributed by atoms with Crippen LogP contribution in [0.3, 0.4) is 0 Å². The minimum Gasteiger partial charge on any atom is -0.267 e. The summed E-state index contributed by atoms with van der Waals surface area (Å²) < 4.78 is 2.26. The molecule has 3 aromatic rings. The third-order valence-electron chi connectivity index (χ3n) is 2.24. The van der Waals surface area contributed by atoms with Gasteiger partial charge < -0.3 is 0 Å². The normalized spacial score (nSPS) is 11.3. The molecule has 0 bridgehead atoms. The molecule has 0 radical (unpaired) electrons. The van der Waals surface area contributed by atoms with Crippen LogP contribution in [0, 0.1) is 13.8 Å². The smallest absolute Gasteiger partial charge is 0.267 e. The Labute approximate surface area is 120 Å². The van der Waals surface area contributed by atoms with Crippen LogP contribution in [-0.2, 0) is 5.75 Å². The Kier molecular flexibility index (Phi) is 3.33. The summed E-state index contributed by atoms with van der Waals surface area (Å²) in [7, 11) is 0. The summed E-state index contributed by atoms with van der Waals surface area (Å²) in [5.41, 5.74) is 0.578. The SMILES string of the molecule is Cc1cc(=O)n2nc(CSc3nnc(C)s3)sc2n1. The fraction of sp³-hybridized carbons (Fsp3) is 0.300. The highest BCUT2D eigenvalue weighted by Crippen LogP contribution is 2.26. The van der Waals surface area contributed by atoms with Crippen LogP contribution < -0.4 is 5.56 Å². The zero-order valence-corrected chi connectivity index (χ0v) is 12.6. The van der Waals surface area contributed by atoms with Crippen LogP contribution in [0.1, 0.15) is 15.7 Å². The van der Waals surface area contributed by atoms with E-state index in [4.69, 9.17) is 0 Å². The van der Waals surface area contributed by atoms with Gasteiger partial charge in [0.15, 0.2) is 4.34 Å². The molecule has 3 aromatic heterocycles. The van der Waals surface area contributed by atoms with Crippen molar-refractivity contribution in [1.82, 2.24) is 24.8 Å². The zero-order valence-electron chi connectivity index (χ0n) is 10.2. The predicted octanol–water partition coefficient (Wildman–Crippen LogP) is 1.91. The summed E-state index contributed by atoms with van der Waals surface area (Å²) >= 11 is 4.55. The Morgan fingerprint density at radius 3 is 2.89 bits per heavy atom. The zero-order chi connectivity index (χ0) is 13.4. The van der Waals surface area contributed by atoms with Crippen LogP contribution in [0.5, 0.6) is 0 Å². The highest BCUT2D eigenvalue weighted by molar-refractivity contribution is 8.00. The average Bonchev–Trinajstić information content (AvgIpc) is 2.92. The van der Waals surface area contributed by atoms with E-state index >= 15 is 0 Å². The molecule has 98 valence electrons. The van der Waals surface area contributed by atoms with Crippen molar-refractivity contribution in [2.45, 2.75) is 23.9 Å². The summed E-state index contributed by atoms with van der Waals surface area (Å²) in [5.74, 6) is 0.668. The Morgan fingerprint density at radius 2 is 2.16 bits per heavy atom. The molecule has 0 aliphatic rings. The van der Waals surface area contributed by atoms with Crippen molar-refractivity contribution in [3.8, 4) is 0 Å². The van der Waals surface area contributed by atoms with Crippen molar-refractivity contribution in [3.63, 3.8) is 0 Å². The number of nitrogens with zero attached hydrogens (tertiary/aromatic N) is 5. The van der Waals surface area contributed by atoms with E-state index in [9.17, 15) is 4.79 Å². The van der Waals surface area contributed by atoms with Crippen LogP contribution in [0.2, 0.25) is 0 Å². The maximum atomic E-state index is 11.7. The quantitative estimate of drug-likeness (QED) is 0.688. The second-order valence-electron chi connectivity index (χ2n) is 3.80. The second-order valence-corrected chi connectivity index (χ2v) is 7.25. The highest BCUT2D eigenvalue weighted by atomic mass is 32.2. The lowest BCUT2D eigenvalue weighted by atomic mass is 10.5. The van der Waals surface area contributed by atoms with Crippen molar-refractivity contribution < 1.29 is 0 Å². The molecule has 0 amide bonds. The minimum absolute atomic E-state index is 0.137. The molecule has 0 aliphatic heterocycles. The van der Waals surface area contributed by atoms with E-state index in [1.54, 1.807) is 30.0 Å². The summed E-state index contributed by atoms with van der Waals surface area (Å²) in [6.45, 7) is 3.73. The molecule has 19 heavy (non-hydrogen) atoms. The van der Waals surface area contributed by atoms with Crippen LogP contribution in [0.4, 0.5) is 0 Å². The number of hydrogen-bond acceptors (Lipinski definition) is 8. The van der Waals surface area contributed by atoms with E-state index in [-0.39, 0.29) is 5.56 Å². The lowest BCUT2D eigenvalue weighted by molar-refractivity contribution is 0.870. The molecule has 0 unspecified atom stereocenters. The number of hydrogen-bond donors (Lipinski definition) is 0. The van der Waals surface area contributed by atoms with Crippen molar-refractivity contribution in [1.29, 1.82) is 0 Å². The standard InChI is InChI=1S/C10H9N5OS3/c1-5-3-8(16)15-9(11-5)19-7(14-15)4-17-10-13-12-6(2)18-10/h3H,4H2,1-2H3. The molecule has 0 saturated carbocycles. The number of rotatable bonds is 3. The molecule has 0 saturated heterocycles. The first kappa shape index (κ1) is 12.7. The third-order valence-corrected chi connectivity index (χ3v) is 5.32. The van der Waals surface area contributed by atoms with Gasteiger partial charge in [-0.05, 0) is 13.8 Å². The molecule has 0 atom stereocenters. The Balaban J connectivity index is 1.85. The molecular weight excluding hydrogens is 302 g/mol. The first-order valence-corrected chi connectivity index (χ1v) is 8.03. The van der Waals surface area contributed by atoms with E-state index in [2.05, 4.69) is 20.3 Å². The fourth-order valence-corrected chi connectivity index (χ4v) is 4.22. The van der Waals surface area contributed by atoms with Crippen molar-refractivity contribution >= 4 is 39.4 Å². The maximum absolute atomic E-state index is 11.7. The van der Waals surface area contributed by atoms with Gasteiger partial charge in [0.2, 0.25) is 4.96 Å². The molecule has 6 nitrogen and oxygen atoms in total. The number of aromatic nitrogens is 5. The van der Waals surface area contributed by atoms with Gasteiger partial charge in [-0.2, -0.15) is 9.61 Å². The van der Waals surface area contributed by atoms with E-state index in [0.29, 0.717) is 16.4 Å². The lowest BCUT2D eigenvalue weighted by Crippen LogP contribution is -2.14. The van der Waals surface area contributed by atoms with Crippen molar-refractivity contribution in [2.75, 3.05) is 0 Å². The molecule has 0 spiro atoms. The lowest BCUT2D eigenvalue weighted by Gasteiger charge is -1.90. The number of aryl methyl sites for hydroxylation is 2. The fourth-order valence-electron chi connectivity index (χ4n) is 1.48. The topological polar surface area (TPSA) is 73.0 Å². The van der Waals surface area contributed by atoms with Crippen molar-refractivity contribution in [3.05, 3.63) is 32.1 Å². The average molecular weight is 311 g/mol. The molecule has 9 heteroatoms. The van der Waals surface area contributed by atoms with Gasteiger partial charge in [-0.15, -0.1) is 10.2 Å². The largest absolute Gasteiger partial charge is 0.275 e. The van der Waals surface area contributed by atoms with Gasteiger partial charge >= 0.3 is 0 Å². The molecular formula is C10H9N5OS3. The Hall–Kier alpha value is -1.32. The van der Waals surface area contributed by atoms with E-state index in [1.807, 2.05) is 6.92 Å². The van der Waals surface area contributed by atoms with Gasteiger partial charge in [-0.1, -0.05) is 34.4 Å². The van der Waals surface area contributed by atoms with Crippen LogP contribution >= 0.6 is 34.4 Å². The van der Waals surface area contributed by atoms with Crippen LogP contribution in [-0.4, -0.2) is 24.8 Å². The molecule has 0 aliphatic carbocycles. The van der Waals surface area contributed by atoms with E-state index in [1.165, 1.54) is 21.9 Å². The van der Waals surface area contributed by atoms with Crippen molar-refractivity contribution in [2.24, 2.45) is 0 Å². The van der Waals surface area contributed by atoms with Gasteiger partial charge in [0.05, 0.1) is 5.75 Å². The first-order chi connectivity index (χ1) is 9.11. The first-order valence-electron chi connectivity index (χ1n) is 5.41. The monoisotopic (exact) mass is 311 g/mol. The molecule has 3 heterocycles. The van der Waals surface area contributed by atoms with Gasteiger partial charge in [0.1, 0.15) is 10.0 Å².